The largest absolute Gasteiger partial charge is 0.397 e. The van der Waals surface area contributed by atoms with Crippen molar-refractivity contribution in [2.45, 2.75) is 19.3 Å². The van der Waals surface area contributed by atoms with Crippen LogP contribution in [0.1, 0.15) is 19.3 Å². The average Bonchev–Trinajstić information content (AvgIpc) is 2.25. The molecule has 0 spiro atoms. The molecule has 1 aromatic rings. The van der Waals surface area contributed by atoms with E-state index < -0.39 is 0 Å². The first-order chi connectivity index (χ1) is 7.18. The van der Waals surface area contributed by atoms with Crippen LogP contribution in [0.15, 0.2) is 16.6 Å². The van der Waals surface area contributed by atoms with E-state index in [-0.39, 0.29) is 5.82 Å². The molecule has 2 rings (SSSR count). The molecule has 15 heavy (non-hydrogen) atoms. The molecule has 0 aliphatic carbocycles. The van der Waals surface area contributed by atoms with Crippen LogP contribution in [-0.4, -0.2) is 13.1 Å². The van der Waals surface area contributed by atoms with E-state index in [1.165, 1.54) is 12.5 Å². The van der Waals surface area contributed by atoms with Gasteiger partial charge in [-0.2, -0.15) is 0 Å². The van der Waals surface area contributed by atoms with Crippen LogP contribution in [0.2, 0.25) is 0 Å². The third-order valence-corrected chi connectivity index (χ3v) is 3.37. The van der Waals surface area contributed by atoms with Crippen molar-refractivity contribution in [2.75, 3.05) is 23.7 Å². The van der Waals surface area contributed by atoms with Crippen molar-refractivity contribution in [3.05, 3.63) is 22.4 Å². The molecule has 0 saturated carbocycles. The first-order valence-corrected chi connectivity index (χ1v) is 5.97. The van der Waals surface area contributed by atoms with Crippen molar-refractivity contribution in [1.82, 2.24) is 0 Å². The molecule has 0 radical (unpaired) electrons. The zero-order valence-corrected chi connectivity index (χ0v) is 10.1. The Bertz CT molecular complexity index is 362. The molecule has 1 aliphatic rings. The third-order valence-electron chi connectivity index (χ3n) is 2.77. The maximum atomic E-state index is 13.4. The summed E-state index contributed by atoms with van der Waals surface area (Å²) < 4.78 is 13.8. The zero-order valence-electron chi connectivity index (χ0n) is 8.47. The van der Waals surface area contributed by atoms with E-state index >= 15 is 0 Å². The molecular weight excluding hydrogens is 259 g/mol. The van der Waals surface area contributed by atoms with E-state index in [9.17, 15) is 4.39 Å². The van der Waals surface area contributed by atoms with Gasteiger partial charge in [-0.3, -0.25) is 0 Å². The van der Waals surface area contributed by atoms with Gasteiger partial charge in [0.15, 0.2) is 0 Å². The SMILES string of the molecule is Nc1cc(Br)c(F)cc1N1CCCCC1. The molecule has 0 unspecified atom stereocenters. The summed E-state index contributed by atoms with van der Waals surface area (Å²) in [6.45, 7) is 1.95. The molecule has 1 fully saturated rings. The van der Waals surface area contributed by atoms with E-state index in [1.54, 1.807) is 6.07 Å². The second-order valence-electron chi connectivity index (χ2n) is 3.87. The molecule has 1 heterocycles. The van der Waals surface area contributed by atoms with Crippen LogP contribution in [-0.2, 0) is 0 Å². The normalized spacial score (nSPS) is 16.8. The highest BCUT2D eigenvalue weighted by atomic mass is 79.9. The maximum absolute atomic E-state index is 13.4. The van der Waals surface area contributed by atoms with Crippen LogP contribution >= 0.6 is 15.9 Å². The lowest BCUT2D eigenvalue weighted by molar-refractivity contribution is 0.574. The Morgan fingerprint density at radius 2 is 1.87 bits per heavy atom. The van der Waals surface area contributed by atoms with Crippen molar-refractivity contribution in [3.63, 3.8) is 0 Å². The van der Waals surface area contributed by atoms with Gasteiger partial charge in [0.1, 0.15) is 5.82 Å². The smallest absolute Gasteiger partial charge is 0.139 e. The summed E-state index contributed by atoms with van der Waals surface area (Å²) >= 11 is 3.13. The van der Waals surface area contributed by atoms with Gasteiger partial charge in [-0.05, 0) is 41.3 Å². The molecule has 82 valence electrons. The highest BCUT2D eigenvalue weighted by Crippen LogP contribution is 2.31. The van der Waals surface area contributed by atoms with Crippen LogP contribution in [0.3, 0.4) is 0 Å². The van der Waals surface area contributed by atoms with Gasteiger partial charge in [0, 0.05) is 19.2 Å². The summed E-state index contributed by atoms with van der Waals surface area (Å²) in [4.78, 5) is 2.16. The number of nitrogens with two attached hydrogens (primary N) is 1. The Labute approximate surface area is 97.4 Å². The molecule has 1 saturated heterocycles. The number of nitrogen functional groups attached to an aromatic ring is 1. The minimum atomic E-state index is -0.246. The fraction of sp³-hybridized carbons (Fsp3) is 0.455. The van der Waals surface area contributed by atoms with Crippen LogP contribution in [0.4, 0.5) is 15.8 Å². The summed E-state index contributed by atoms with van der Waals surface area (Å²) in [7, 11) is 0. The van der Waals surface area contributed by atoms with Crippen LogP contribution in [0, 0.1) is 5.82 Å². The first-order valence-electron chi connectivity index (χ1n) is 5.18. The van der Waals surface area contributed by atoms with Crippen LogP contribution in [0.25, 0.3) is 0 Å². The number of anilines is 2. The second-order valence-corrected chi connectivity index (χ2v) is 4.73. The lowest BCUT2D eigenvalue weighted by Gasteiger charge is -2.29. The first kappa shape index (κ1) is 10.7. The third kappa shape index (κ3) is 2.25. The van der Waals surface area contributed by atoms with Gasteiger partial charge in [-0.25, -0.2) is 4.39 Å². The molecule has 1 aromatic carbocycles. The van der Waals surface area contributed by atoms with E-state index in [1.807, 2.05) is 0 Å². The summed E-state index contributed by atoms with van der Waals surface area (Å²) in [5.41, 5.74) is 7.36. The number of hydrogen-bond acceptors (Lipinski definition) is 2. The molecule has 4 heteroatoms. The molecular formula is C11H14BrFN2. The quantitative estimate of drug-likeness (QED) is 0.796. The van der Waals surface area contributed by atoms with Gasteiger partial charge in [-0.1, -0.05) is 0 Å². The van der Waals surface area contributed by atoms with E-state index in [0.29, 0.717) is 10.2 Å². The monoisotopic (exact) mass is 272 g/mol. The Morgan fingerprint density at radius 3 is 2.53 bits per heavy atom. The Balaban J connectivity index is 2.30. The summed E-state index contributed by atoms with van der Waals surface area (Å²) in [6, 6.07) is 3.16. The summed E-state index contributed by atoms with van der Waals surface area (Å²) in [5.74, 6) is -0.246. The molecule has 2 nitrogen and oxygen atoms in total. The Hall–Kier alpha value is -0.770. The maximum Gasteiger partial charge on any atom is 0.139 e. The van der Waals surface area contributed by atoms with Gasteiger partial charge in [0.25, 0.3) is 0 Å². The van der Waals surface area contributed by atoms with Gasteiger partial charge >= 0.3 is 0 Å². The van der Waals surface area contributed by atoms with Crippen molar-refractivity contribution in [3.8, 4) is 0 Å². The lowest BCUT2D eigenvalue weighted by Crippen LogP contribution is -2.30. The molecule has 0 aromatic heterocycles. The number of halogens is 2. The number of benzene rings is 1. The van der Waals surface area contributed by atoms with Crippen molar-refractivity contribution >= 4 is 27.3 Å². The number of rotatable bonds is 1. The number of nitrogens with zero attached hydrogens (tertiary/aromatic N) is 1. The van der Waals surface area contributed by atoms with E-state index in [0.717, 1.165) is 31.6 Å². The average molecular weight is 273 g/mol. The Kier molecular flexibility index (Phi) is 3.14. The predicted molar refractivity (Wildman–Crippen MR) is 64.6 cm³/mol. The minimum absolute atomic E-state index is 0.246. The van der Waals surface area contributed by atoms with Gasteiger partial charge in [0.2, 0.25) is 0 Å². The fourth-order valence-corrected chi connectivity index (χ4v) is 2.32. The topological polar surface area (TPSA) is 29.3 Å². The predicted octanol–water partition coefficient (Wildman–Crippen LogP) is 3.16. The van der Waals surface area contributed by atoms with Crippen LogP contribution < -0.4 is 10.6 Å². The number of piperidine rings is 1. The van der Waals surface area contributed by atoms with Crippen LogP contribution in [0.5, 0.6) is 0 Å². The van der Waals surface area contributed by atoms with E-state index in [2.05, 4.69) is 20.8 Å². The lowest BCUT2D eigenvalue weighted by atomic mass is 10.1. The summed E-state index contributed by atoms with van der Waals surface area (Å²) in [6.07, 6.45) is 3.59. The summed E-state index contributed by atoms with van der Waals surface area (Å²) in [5, 5.41) is 0. The standard InChI is InChI=1S/C11H14BrFN2/c12-8-6-10(14)11(7-9(8)13)15-4-2-1-3-5-15/h6-7H,1-5,14H2. The van der Waals surface area contributed by atoms with Crippen molar-refractivity contribution in [2.24, 2.45) is 0 Å². The highest BCUT2D eigenvalue weighted by Gasteiger charge is 2.15. The molecule has 1 aliphatic heterocycles. The Morgan fingerprint density at radius 1 is 1.20 bits per heavy atom. The molecule has 2 N–H and O–H groups in total. The van der Waals surface area contributed by atoms with Crippen molar-refractivity contribution < 1.29 is 4.39 Å². The van der Waals surface area contributed by atoms with Crippen molar-refractivity contribution in [1.29, 1.82) is 0 Å². The zero-order chi connectivity index (χ0) is 10.8. The molecule has 0 bridgehead atoms. The van der Waals surface area contributed by atoms with Gasteiger partial charge in [0.05, 0.1) is 15.8 Å². The van der Waals surface area contributed by atoms with E-state index in [4.69, 9.17) is 5.73 Å². The second kappa shape index (κ2) is 4.39. The van der Waals surface area contributed by atoms with Gasteiger partial charge < -0.3 is 10.6 Å². The minimum Gasteiger partial charge on any atom is -0.397 e. The van der Waals surface area contributed by atoms with Gasteiger partial charge in [-0.15, -0.1) is 0 Å². The molecule has 0 atom stereocenters. The number of hydrogen-bond donors (Lipinski definition) is 1. The fourth-order valence-electron chi connectivity index (χ4n) is 1.96. The molecule has 0 amide bonds. The highest BCUT2D eigenvalue weighted by molar-refractivity contribution is 9.10.